The first-order chi connectivity index (χ1) is 16.6. The molecule has 0 amide bonds. The molecule has 8 heteroatoms. The largest absolute Gasteiger partial charge is 0.462 e. The summed E-state index contributed by atoms with van der Waals surface area (Å²) >= 11 is 0. The lowest BCUT2D eigenvalue weighted by molar-refractivity contribution is -0.295. The summed E-state index contributed by atoms with van der Waals surface area (Å²) < 4.78 is 51.0. The normalized spacial score (nSPS) is 51.2. The molecule has 0 N–H and O–H groups in total. The van der Waals surface area contributed by atoms with Crippen molar-refractivity contribution >= 4 is 11.9 Å². The number of rotatable bonds is 5. The van der Waals surface area contributed by atoms with E-state index in [9.17, 15) is 18.4 Å². The maximum absolute atomic E-state index is 13.4. The minimum Gasteiger partial charge on any atom is -0.462 e. The van der Waals surface area contributed by atoms with Crippen LogP contribution in [-0.4, -0.2) is 49.1 Å². The Labute approximate surface area is 204 Å². The quantitative estimate of drug-likeness (QED) is 0.525. The van der Waals surface area contributed by atoms with Gasteiger partial charge in [0.2, 0.25) is 0 Å². The number of hydrogen-bond donors (Lipinski definition) is 0. The van der Waals surface area contributed by atoms with E-state index in [2.05, 4.69) is 0 Å². The molecule has 1 saturated heterocycles. The summed E-state index contributed by atoms with van der Waals surface area (Å²) in [6, 6.07) is 0. The minimum absolute atomic E-state index is 0.0533. The van der Waals surface area contributed by atoms with E-state index in [0.29, 0.717) is 44.1 Å². The van der Waals surface area contributed by atoms with Gasteiger partial charge >= 0.3 is 17.9 Å². The molecule has 3 atom stereocenters. The van der Waals surface area contributed by atoms with Gasteiger partial charge in [-0.1, -0.05) is 0 Å². The maximum atomic E-state index is 13.4. The summed E-state index contributed by atoms with van der Waals surface area (Å²) in [4.78, 5) is 25.3. The van der Waals surface area contributed by atoms with E-state index in [0.717, 1.165) is 31.1 Å². The Morgan fingerprint density at radius 3 is 2.14 bits per heavy atom. The number of halogens is 2. The van der Waals surface area contributed by atoms with Crippen molar-refractivity contribution in [2.24, 2.45) is 46.8 Å². The smallest absolute Gasteiger partial charge is 0.376 e. The molecular formula is C27H36F2O6. The highest BCUT2D eigenvalue weighted by atomic mass is 19.3. The fourth-order valence-electron chi connectivity index (χ4n) is 9.87. The predicted molar refractivity (Wildman–Crippen MR) is 118 cm³/mol. The fourth-order valence-corrected chi connectivity index (χ4v) is 9.87. The second-order valence-electron chi connectivity index (χ2n) is 13.2. The molecule has 0 aromatic rings. The highest BCUT2D eigenvalue weighted by Gasteiger charge is 2.63. The second kappa shape index (κ2) is 7.62. The van der Waals surface area contributed by atoms with Crippen molar-refractivity contribution in [3.8, 4) is 0 Å². The molecule has 9 aliphatic rings. The molecule has 8 saturated carbocycles. The Morgan fingerprint density at radius 1 is 0.914 bits per heavy atom. The van der Waals surface area contributed by atoms with Crippen LogP contribution in [0.3, 0.4) is 0 Å². The van der Waals surface area contributed by atoms with Gasteiger partial charge in [-0.25, -0.2) is 4.79 Å². The third-order valence-corrected chi connectivity index (χ3v) is 10.7. The van der Waals surface area contributed by atoms with Crippen LogP contribution in [0, 0.1) is 46.8 Å². The predicted octanol–water partition coefficient (Wildman–Crippen LogP) is 4.49. The van der Waals surface area contributed by atoms with Crippen LogP contribution in [0.5, 0.6) is 0 Å². The Hall–Kier alpha value is -1.28. The number of alkyl halides is 2. The average Bonchev–Trinajstić information content (AvgIpc) is 3.21. The Balaban J connectivity index is 0.984. The highest BCUT2D eigenvalue weighted by molar-refractivity contribution is 5.78. The number of hydrogen-bond acceptors (Lipinski definition) is 6. The number of carbonyl (C=O) groups excluding carboxylic acids is 2. The molecule has 1 aliphatic heterocycles. The van der Waals surface area contributed by atoms with E-state index >= 15 is 0 Å². The van der Waals surface area contributed by atoms with Gasteiger partial charge in [0.1, 0.15) is 18.8 Å². The third kappa shape index (κ3) is 3.52. The van der Waals surface area contributed by atoms with Crippen LogP contribution in [0.4, 0.5) is 8.78 Å². The number of carbonyl (C=O) groups is 2. The molecule has 8 bridgehead atoms. The lowest BCUT2D eigenvalue weighted by atomic mass is 9.48. The molecular weight excluding hydrogens is 458 g/mol. The van der Waals surface area contributed by atoms with E-state index in [1.807, 2.05) is 0 Å². The van der Waals surface area contributed by atoms with Crippen LogP contribution >= 0.6 is 0 Å². The second-order valence-corrected chi connectivity index (χ2v) is 13.2. The first-order valence-electron chi connectivity index (χ1n) is 13.7. The van der Waals surface area contributed by atoms with Gasteiger partial charge in [0.15, 0.2) is 5.79 Å². The van der Waals surface area contributed by atoms with Gasteiger partial charge < -0.3 is 18.9 Å². The Kier molecular flexibility index (Phi) is 4.98. The summed E-state index contributed by atoms with van der Waals surface area (Å²) in [6.07, 6.45) is 8.93. The Bertz CT molecular complexity index is 870. The number of ether oxygens (including phenoxy) is 4. The van der Waals surface area contributed by atoms with Crippen molar-refractivity contribution in [3.63, 3.8) is 0 Å². The lowest BCUT2D eigenvalue weighted by Crippen LogP contribution is -2.59. The molecule has 9 fully saturated rings. The van der Waals surface area contributed by atoms with Crippen LogP contribution in [0.2, 0.25) is 0 Å². The zero-order valence-electron chi connectivity index (χ0n) is 20.4. The van der Waals surface area contributed by atoms with Gasteiger partial charge in [0.25, 0.3) is 0 Å². The summed E-state index contributed by atoms with van der Waals surface area (Å²) in [5.74, 6) is -2.77. The molecule has 8 aliphatic carbocycles. The minimum atomic E-state index is -3.50. The van der Waals surface area contributed by atoms with Crippen LogP contribution < -0.4 is 0 Å². The Morgan fingerprint density at radius 2 is 1.54 bits per heavy atom. The van der Waals surface area contributed by atoms with Crippen LogP contribution in [-0.2, 0) is 28.5 Å². The molecule has 0 aromatic carbocycles. The SMILES string of the molecule is CC(F)(F)C(=O)OC1C2CC3CC1CC(C(=O)OCC1COC4(O1)C1CC5CC(C1)CC4C5)(C3)C2. The van der Waals surface area contributed by atoms with E-state index in [1.54, 1.807) is 0 Å². The first kappa shape index (κ1) is 22.9. The number of esters is 2. The molecule has 1 spiro atoms. The fraction of sp³-hybridized carbons (Fsp3) is 0.926. The van der Waals surface area contributed by atoms with Crippen molar-refractivity contribution < 1.29 is 37.3 Å². The van der Waals surface area contributed by atoms with Crippen LogP contribution in [0.1, 0.15) is 71.1 Å². The summed E-state index contributed by atoms with van der Waals surface area (Å²) in [7, 11) is 0. The standard InChI is InChI=1S/C27H36F2O6/c1-25(28,29)23(30)34-22-17-3-16-4-18(22)11-26(9-16,10-17)24(31)32-12-21-13-33-27(35-21)19-5-14-2-15(7-19)8-20(27)6-14/h14-22H,2-13H2,1H3. The zero-order chi connectivity index (χ0) is 24.2. The van der Waals surface area contributed by atoms with Crippen molar-refractivity contribution in [2.45, 2.75) is 95.0 Å². The maximum Gasteiger partial charge on any atom is 0.376 e. The van der Waals surface area contributed by atoms with E-state index < -0.39 is 29.2 Å². The topological polar surface area (TPSA) is 71.1 Å². The molecule has 1 heterocycles. The van der Waals surface area contributed by atoms with Crippen molar-refractivity contribution in [2.75, 3.05) is 13.2 Å². The van der Waals surface area contributed by atoms with Crippen LogP contribution in [0.15, 0.2) is 0 Å². The average molecular weight is 495 g/mol. The molecule has 3 unspecified atom stereocenters. The van der Waals surface area contributed by atoms with E-state index in [4.69, 9.17) is 18.9 Å². The zero-order valence-corrected chi connectivity index (χ0v) is 20.4. The molecule has 6 nitrogen and oxygen atoms in total. The lowest BCUT2D eigenvalue weighted by Gasteiger charge is -2.58. The van der Waals surface area contributed by atoms with Crippen molar-refractivity contribution in [1.29, 1.82) is 0 Å². The molecule has 0 radical (unpaired) electrons. The third-order valence-electron chi connectivity index (χ3n) is 10.7. The van der Waals surface area contributed by atoms with Gasteiger partial charge in [-0.3, -0.25) is 4.79 Å². The van der Waals surface area contributed by atoms with Crippen molar-refractivity contribution in [3.05, 3.63) is 0 Å². The van der Waals surface area contributed by atoms with E-state index in [1.165, 1.54) is 32.1 Å². The van der Waals surface area contributed by atoms with Gasteiger partial charge in [-0.05, 0) is 93.8 Å². The van der Waals surface area contributed by atoms with Gasteiger partial charge in [0.05, 0.1) is 12.0 Å². The van der Waals surface area contributed by atoms with Gasteiger partial charge in [-0.15, -0.1) is 0 Å². The summed E-state index contributed by atoms with van der Waals surface area (Å²) in [6.45, 7) is 1.25. The van der Waals surface area contributed by atoms with Crippen molar-refractivity contribution in [1.82, 2.24) is 0 Å². The van der Waals surface area contributed by atoms with Gasteiger partial charge in [0, 0.05) is 18.8 Å². The highest BCUT2D eigenvalue weighted by Crippen LogP contribution is 2.63. The first-order valence-corrected chi connectivity index (χ1v) is 13.7. The van der Waals surface area contributed by atoms with Crippen LogP contribution in [0.25, 0.3) is 0 Å². The molecule has 194 valence electrons. The summed E-state index contributed by atoms with van der Waals surface area (Å²) in [5, 5.41) is 0. The monoisotopic (exact) mass is 494 g/mol. The molecule has 35 heavy (non-hydrogen) atoms. The van der Waals surface area contributed by atoms with E-state index in [-0.39, 0.29) is 30.5 Å². The summed E-state index contributed by atoms with van der Waals surface area (Å²) in [5.41, 5.74) is -0.589. The molecule has 9 rings (SSSR count). The molecule has 0 aromatic heterocycles. The van der Waals surface area contributed by atoms with Gasteiger partial charge in [-0.2, -0.15) is 8.78 Å².